The number of rotatable bonds is 9. The summed E-state index contributed by atoms with van der Waals surface area (Å²) >= 11 is 1.66. The Morgan fingerprint density at radius 1 is 1.04 bits per heavy atom. The van der Waals surface area contributed by atoms with Gasteiger partial charge < -0.3 is 10.6 Å². The molecular weight excluding hydrogens is 512 g/mol. The molecule has 0 fully saturated rings. The Hall–Kier alpha value is -1.33. The molecule has 154 valence electrons. The van der Waals surface area contributed by atoms with Crippen LogP contribution in [0.25, 0.3) is 0 Å². The van der Waals surface area contributed by atoms with Crippen LogP contribution in [0.1, 0.15) is 6.42 Å². The summed E-state index contributed by atoms with van der Waals surface area (Å²) in [5.74, 6) is 1.23. The van der Waals surface area contributed by atoms with Gasteiger partial charge in [-0.25, -0.2) is 12.8 Å². The van der Waals surface area contributed by atoms with E-state index >= 15 is 0 Å². The minimum Gasteiger partial charge on any atom is -0.356 e. The number of nitrogens with zero attached hydrogens (tertiary/aromatic N) is 1. The van der Waals surface area contributed by atoms with Gasteiger partial charge in [0.2, 0.25) is 0 Å². The molecule has 28 heavy (non-hydrogen) atoms. The van der Waals surface area contributed by atoms with E-state index < -0.39 is 9.84 Å². The lowest BCUT2D eigenvalue weighted by Crippen LogP contribution is -2.40. The van der Waals surface area contributed by atoms with Crippen molar-refractivity contribution in [2.75, 3.05) is 31.6 Å². The molecule has 2 rings (SSSR count). The number of halogens is 2. The van der Waals surface area contributed by atoms with Crippen molar-refractivity contribution in [3.63, 3.8) is 0 Å². The molecule has 0 saturated heterocycles. The van der Waals surface area contributed by atoms with E-state index in [1.807, 2.05) is 0 Å². The van der Waals surface area contributed by atoms with Crippen molar-refractivity contribution in [3.8, 4) is 0 Å². The highest BCUT2D eigenvalue weighted by molar-refractivity contribution is 14.0. The number of hydrogen-bond acceptors (Lipinski definition) is 4. The topological polar surface area (TPSA) is 70.6 Å². The van der Waals surface area contributed by atoms with Crippen LogP contribution in [0.3, 0.4) is 0 Å². The number of aliphatic imine (C=N–C) groups is 1. The summed E-state index contributed by atoms with van der Waals surface area (Å²) in [6.07, 6.45) is 0.894. The number of nitrogens with one attached hydrogen (secondary N) is 2. The predicted octanol–water partition coefficient (Wildman–Crippen LogP) is 3.56. The minimum atomic E-state index is -3.30. The Morgan fingerprint density at radius 2 is 1.68 bits per heavy atom. The molecule has 0 bridgehead atoms. The number of guanidine groups is 1. The monoisotopic (exact) mass is 537 g/mol. The Morgan fingerprint density at radius 3 is 2.32 bits per heavy atom. The van der Waals surface area contributed by atoms with Crippen LogP contribution in [-0.2, 0) is 9.84 Å². The first-order valence-electron chi connectivity index (χ1n) is 8.62. The van der Waals surface area contributed by atoms with Gasteiger partial charge in [-0.15, -0.1) is 35.7 Å². The number of hydrogen-bond donors (Lipinski definition) is 2. The van der Waals surface area contributed by atoms with E-state index in [0.717, 1.165) is 17.1 Å². The Labute approximate surface area is 187 Å². The molecule has 0 atom stereocenters. The van der Waals surface area contributed by atoms with Gasteiger partial charge in [0.25, 0.3) is 0 Å². The second-order valence-electron chi connectivity index (χ2n) is 5.71. The van der Waals surface area contributed by atoms with Crippen LogP contribution >= 0.6 is 35.7 Å². The maximum atomic E-state index is 12.9. The first kappa shape index (κ1) is 24.7. The molecule has 2 aromatic rings. The average Bonchev–Trinajstić information content (AvgIpc) is 2.68. The van der Waals surface area contributed by atoms with Crippen molar-refractivity contribution in [1.82, 2.24) is 10.6 Å². The van der Waals surface area contributed by atoms with Crippen molar-refractivity contribution in [3.05, 3.63) is 60.4 Å². The lowest BCUT2D eigenvalue weighted by molar-refractivity contribution is 0.594. The fourth-order valence-corrected chi connectivity index (χ4v) is 4.30. The van der Waals surface area contributed by atoms with Crippen LogP contribution < -0.4 is 10.6 Å². The van der Waals surface area contributed by atoms with Crippen molar-refractivity contribution in [2.24, 2.45) is 4.99 Å². The maximum absolute atomic E-state index is 12.9. The van der Waals surface area contributed by atoms with Crippen LogP contribution in [0.2, 0.25) is 0 Å². The van der Waals surface area contributed by atoms with E-state index in [1.54, 1.807) is 61.3 Å². The lowest BCUT2D eigenvalue weighted by atomic mass is 10.4. The van der Waals surface area contributed by atoms with E-state index in [4.69, 9.17) is 0 Å². The van der Waals surface area contributed by atoms with E-state index in [2.05, 4.69) is 15.6 Å². The molecular formula is C19H25FIN3O2S2. The first-order chi connectivity index (χ1) is 13.0. The number of thioether (sulfide) groups is 1. The highest BCUT2D eigenvalue weighted by Gasteiger charge is 2.13. The molecule has 0 aliphatic heterocycles. The smallest absolute Gasteiger partial charge is 0.191 e. The van der Waals surface area contributed by atoms with Crippen LogP contribution in [0.5, 0.6) is 0 Å². The van der Waals surface area contributed by atoms with Crippen LogP contribution in [-0.4, -0.2) is 46.0 Å². The molecule has 0 amide bonds. The van der Waals surface area contributed by atoms with Crippen molar-refractivity contribution in [2.45, 2.75) is 16.2 Å². The van der Waals surface area contributed by atoms with Gasteiger partial charge in [0, 0.05) is 25.0 Å². The van der Waals surface area contributed by atoms with E-state index in [1.165, 1.54) is 12.1 Å². The van der Waals surface area contributed by atoms with Gasteiger partial charge >= 0.3 is 0 Å². The van der Waals surface area contributed by atoms with Crippen molar-refractivity contribution < 1.29 is 12.8 Å². The van der Waals surface area contributed by atoms with Gasteiger partial charge in [-0.05, 0) is 48.6 Å². The summed E-state index contributed by atoms with van der Waals surface area (Å²) < 4.78 is 37.3. The molecule has 0 aliphatic rings. The predicted molar refractivity (Wildman–Crippen MR) is 125 cm³/mol. The van der Waals surface area contributed by atoms with Crippen molar-refractivity contribution >= 4 is 51.5 Å². The van der Waals surface area contributed by atoms with Gasteiger partial charge in [0.05, 0.1) is 10.6 Å². The molecule has 0 heterocycles. The summed E-state index contributed by atoms with van der Waals surface area (Å²) in [6.45, 7) is 0.987. The Kier molecular flexibility index (Phi) is 11.5. The first-order valence-corrected chi connectivity index (χ1v) is 11.3. The Bertz CT molecular complexity index is 832. The molecule has 0 saturated carbocycles. The van der Waals surface area contributed by atoms with E-state index in [-0.39, 0.29) is 42.1 Å². The zero-order valence-corrected chi connectivity index (χ0v) is 19.6. The highest BCUT2D eigenvalue weighted by Crippen LogP contribution is 2.18. The zero-order valence-electron chi connectivity index (χ0n) is 15.6. The van der Waals surface area contributed by atoms with Gasteiger partial charge in [-0.2, -0.15) is 0 Å². The SMILES string of the molecule is CN=C(NCCCSc1ccc(F)cc1)NCCS(=O)(=O)c1ccccc1.I. The standard InChI is InChI=1S/C19H24FN3O2S2.HI/c1-21-19(22-12-5-14-26-17-10-8-16(20)9-11-17)23-13-15-27(24,25)18-6-3-2-4-7-18;/h2-4,6-11H,5,12-15H2,1H3,(H2,21,22,23);1H. The quantitative estimate of drug-likeness (QED) is 0.168. The maximum Gasteiger partial charge on any atom is 0.191 e. The number of benzene rings is 2. The molecule has 2 aromatic carbocycles. The molecule has 0 aromatic heterocycles. The normalized spacial score (nSPS) is 11.6. The summed E-state index contributed by atoms with van der Waals surface area (Å²) in [5, 5.41) is 6.18. The zero-order chi connectivity index (χ0) is 19.5. The van der Waals surface area contributed by atoms with Gasteiger partial charge in [-0.1, -0.05) is 18.2 Å². The van der Waals surface area contributed by atoms with Gasteiger partial charge in [0.15, 0.2) is 15.8 Å². The van der Waals surface area contributed by atoms with Gasteiger partial charge in [0.1, 0.15) is 5.82 Å². The third-order valence-electron chi connectivity index (χ3n) is 3.69. The van der Waals surface area contributed by atoms with Crippen molar-refractivity contribution in [1.29, 1.82) is 0 Å². The van der Waals surface area contributed by atoms with E-state index in [0.29, 0.717) is 17.4 Å². The number of sulfone groups is 1. The molecule has 9 heteroatoms. The van der Waals surface area contributed by atoms with E-state index in [9.17, 15) is 12.8 Å². The average molecular weight is 537 g/mol. The van der Waals surface area contributed by atoms with Crippen LogP contribution in [0.15, 0.2) is 69.4 Å². The van der Waals surface area contributed by atoms with Gasteiger partial charge in [-0.3, -0.25) is 4.99 Å². The van der Waals surface area contributed by atoms with Crippen LogP contribution in [0, 0.1) is 5.82 Å². The molecule has 2 N–H and O–H groups in total. The minimum absolute atomic E-state index is 0. The lowest BCUT2D eigenvalue weighted by Gasteiger charge is -2.12. The molecule has 0 unspecified atom stereocenters. The highest BCUT2D eigenvalue weighted by atomic mass is 127. The Balaban J connectivity index is 0.00000392. The molecule has 0 radical (unpaired) electrons. The summed E-state index contributed by atoms with van der Waals surface area (Å²) in [4.78, 5) is 5.46. The molecule has 5 nitrogen and oxygen atoms in total. The molecule has 0 spiro atoms. The fourth-order valence-electron chi connectivity index (χ4n) is 2.27. The van der Waals surface area contributed by atoms with Crippen LogP contribution in [0.4, 0.5) is 4.39 Å². The summed E-state index contributed by atoms with van der Waals surface area (Å²) in [6, 6.07) is 14.9. The third-order valence-corrected chi connectivity index (χ3v) is 6.52. The third kappa shape index (κ3) is 8.78. The second kappa shape index (κ2) is 13.0. The largest absolute Gasteiger partial charge is 0.356 e. The second-order valence-corrected chi connectivity index (χ2v) is 8.99. The summed E-state index contributed by atoms with van der Waals surface area (Å²) in [5.41, 5.74) is 0. The molecule has 0 aliphatic carbocycles. The summed E-state index contributed by atoms with van der Waals surface area (Å²) in [7, 11) is -1.66. The fraction of sp³-hybridized carbons (Fsp3) is 0.316.